The van der Waals surface area contributed by atoms with Crippen LogP contribution in [0.1, 0.15) is 33.9 Å². The van der Waals surface area contributed by atoms with Crippen molar-refractivity contribution in [3.8, 4) is 22.3 Å². The maximum atomic E-state index is 13.1. The Balaban J connectivity index is 1.55. The molecule has 0 aliphatic carbocycles. The third kappa shape index (κ3) is 6.22. The van der Waals surface area contributed by atoms with Crippen LogP contribution in [-0.2, 0) is 0 Å². The van der Waals surface area contributed by atoms with Gasteiger partial charge in [0.15, 0.2) is 0 Å². The molecule has 8 bridgehead atoms. The summed E-state index contributed by atoms with van der Waals surface area (Å²) >= 11 is 0. The minimum absolute atomic E-state index is 0.0195. The lowest BCUT2D eigenvalue weighted by Gasteiger charge is -2.03. The summed E-state index contributed by atoms with van der Waals surface area (Å²) in [6, 6.07) is 38.7. The molecule has 2 N–H and O–H groups in total. The Morgan fingerprint density at radius 1 is 0.367 bits per heavy atom. The second kappa shape index (κ2) is 14.5. The van der Waals surface area contributed by atoms with Crippen LogP contribution >= 0.6 is 0 Å². The van der Waals surface area contributed by atoms with Crippen LogP contribution in [0, 0.1) is 40.5 Å². The summed E-state index contributed by atoms with van der Waals surface area (Å²) in [4.78, 5) is 65.7. The SMILES string of the molecule is O=[N+]([O-])C1=C(c2ccccc2)c2cc3[nH]c(cc4[nH]c(cc5nc(cc1n2)C(c1ccccc1)=C5[N+](=O)[O-])c(-c1ccccc1)c4[N+](=O)[O-])c(-c1ccccc1)c3[N+](=O)[O-]. The summed E-state index contributed by atoms with van der Waals surface area (Å²) in [5, 5.41) is 52.5. The van der Waals surface area contributed by atoms with Gasteiger partial charge in [-0.25, -0.2) is 9.97 Å². The average molecular weight is 795 g/mol. The molecular formula is C44H26N8O8. The normalized spacial score (nSPS) is 12.4. The molecule has 60 heavy (non-hydrogen) atoms. The van der Waals surface area contributed by atoms with Gasteiger partial charge in [0.1, 0.15) is 22.4 Å². The average Bonchev–Trinajstić information content (AvgIpc) is 3.99. The highest BCUT2D eigenvalue weighted by Crippen LogP contribution is 2.44. The number of hydrogen-bond acceptors (Lipinski definition) is 10. The van der Waals surface area contributed by atoms with Gasteiger partial charge in [-0.2, -0.15) is 0 Å². The highest BCUT2D eigenvalue weighted by molar-refractivity contribution is 6.04. The zero-order chi connectivity index (χ0) is 41.7. The predicted molar refractivity (Wildman–Crippen MR) is 224 cm³/mol. The van der Waals surface area contributed by atoms with E-state index in [1.807, 2.05) is 0 Å². The Bertz CT molecular complexity index is 3200. The van der Waals surface area contributed by atoms with E-state index in [4.69, 9.17) is 9.97 Å². The van der Waals surface area contributed by atoms with Crippen molar-refractivity contribution in [3.05, 3.63) is 220 Å². The second-order valence-corrected chi connectivity index (χ2v) is 13.6. The lowest BCUT2D eigenvalue weighted by atomic mass is 9.99. The van der Waals surface area contributed by atoms with E-state index in [9.17, 15) is 40.5 Å². The summed E-state index contributed by atoms with van der Waals surface area (Å²) in [6.45, 7) is 0. The number of nitrogens with zero attached hydrogens (tertiary/aromatic N) is 6. The number of nitro groups is 4. The third-order valence-corrected chi connectivity index (χ3v) is 10.1. The summed E-state index contributed by atoms with van der Waals surface area (Å²) in [6.07, 6.45) is 0. The molecule has 16 nitrogen and oxygen atoms in total. The zero-order valence-electron chi connectivity index (χ0n) is 30.8. The van der Waals surface area contributed by atoms with Gasteiger partial charge in [-0.1, -0.05) is 121 Å². The second-order valence-electron chi connectivity index (χ2n) is 13.6. The first kappa shape index (κ1) is 36.7. The number of fused-ring (bicyclic) bond motifs is 8. The number of nitrogens with one attached hydrogen (secondary N) is 2. The molecule has 0 unspecified atom stereocenters. The Labute approximate surface area is 337 Å². The first-order valence-electron chi connectivity index (χ1n) is 18.2. The number of hydrogen-bond donors (Lipinski definition) is 2. The number of aromatic amines is 2. The largest absolute Gasteiger partial charge is 0.349 e. The van der Waals surface area contributed by atoms with Gasteiger partial charge in [-0.3, -0.25) is 40.5 Å². The monoisotopic (exact) mass is 794 g/mol. The van der Waals surface area contributed by atoms with Crippen molar-refractivity contribution in [2.24, 2.45) is 0 Å². The molecule has 2 aliphatic rings. The highest BCUT2D eigenvalue weighted by Gasteiger charge is 2.36. The van der Waals surface area contributed by atoms with Crippen LogP contribution in [0.5, 0.6) is 0 Å². The van der Waals surface area contributed by atoms with Crippen molar-refractivity contribution in [1.29, 1.82) is 0 Å². The van der Waals surface area contributed by atoms with Crippen molar-refractivity contribution < 1.29 is 19.7 Å². The van der Waals surface area contributed by atoms with Crippen LogP contribution in [0.3, 0.4) is 0 Å². The summed E-state index contributed by atoms with van der Waals surface area (Å²) in [5.41, 5.74) is -0.598. The molecule has 290 valence electrons. The predicted octanol–water partition coefficient (Wildman–Crippen LogP) is 9.85. The first-order chi connectivity index (χ1) is 29.1. The minimum atomic E-state index is -0.623. The van der Waals surface area contributed by atoms with Crippen molar-refractivity contribution in [2.45, 2.75) is 0 Å². The van der Waals surface area contributed by atoms with E-state index < -0.39 is 42.5 Å². The van der Waals surface area contributed by atoms with Crippen LogP contribution in [0.15, 0.2) is 146 Å². The third-order valence-electron chi connectivity index (χ3n) is 10.1. The van der Waals surface area contributed by atoms with Gasteiger partial charge in [0.25, 0.3) is 0 Å². The van der Waals surface area contributed by atoms with Gasteiger partial charge in [0, 0.05) is 0 Å². The fourth-order valence-corrected chi connectivity index (χ4v) is 7.74. The molecule has 9 rings (SSSR count). The molecule has 5 heterocycles. The topological polar surface area (TPSA) is 230 Å². The van der Waals surface area contributed by atoms with Crippen LogP contribution < -0.4 is 0 Å². The standard InChI is InChI=1S/C44H26N8O8/c53-49(54)41-33-22-30-38(26-15-7-2-8-16-26)43(51(57)58)35(47-30)24-32-40(28-19-11-4-12-20-28)44(52(59)60)36(48-32)23-31-39(27-17-9-3-10-18-27)42(50(55)56)34(46-31)21-29(45-33)37(41)25-13-5-1-6-14-25/h1-24,45-46H. The molecule has 0 fully saturated rings. The molecule has 0 amide bonds. The van der Waals surface area contributed by atoms with Crippen molar-refractivity contribution in [3.63, 3.8) is 0 Å². The molecule has 0 saturated heterocycles. The van der Waals surface area contributed by atoms with E-state index in [0.717, 1.165) is 0 Å². The fraction of sp³-hybridized carbons (Fsp3) is 0. The number of rotatable bonds is 8. The van der Waals surface area contributed by atoms with E-state index in [0.29, 0.717) is 22.3 Å². The number of aromatic nitrogens is 4. The van der Waals surface area contributed by atoms with Gasteiger partial charge in [0.05, 0.1) is 64.4 Å². The number of benzene rings is 4. The molecular weight excluding hydrogens is 769 g/mol. The van der Waals surface area contributed by atoms with Crippen molar-refractivity contribution >= 4 is 56.0 Å². The van der Waals surface area contributed by atoms with Crippen LogP contribution in [-0.4, -0.2) is 39.6 Å². The van der Waals surface area contributed by atoms with Gasteiger partial charge in [-0.15, -0.1) is 0 Å². The molecule has 0 spiro atoms. The van der Waals surface area contributed by atoms with Crippen LogP contribution in [0.4, 0.5) is 11.4 Å². The fourth-order valence-electron chi connectivity index (χ4n) is 7.74. The van der Waals surface area contributed by atoms with Crippen molar-refractivity contribution in [2.75, 3.05) is 0 Å². The Kier molecular flexibility index (Phi) is 8.90. The maximum Gasteiger partial charge on any atom is 0.304 e. The minimum Gasteiger partial charge on any atom is -0.349 e. The molecule has 2 aliphatic heterocycles. The molecule has 0 atom stereocenters. The maximum absolute atomic E-state index is 13.1. The summed E-state index contributed by atoms with van der Waals surface area (Å²) in [5.74, 6) is 0. The van der Waals surface area contributed by atoms with Crippen LogP contribution in [0.25, 0.3) is 66.9 Å². The molecule has 0 saturated carbocycles. The van der Waals surface area contributed by atoms with Gasteiger partial charge < -0.3 is 9.97 Å². The molecule has 4 aromatic carbocycles. The molecule has 3 aromatic heterocycles. The molecule has 7 aromatic rings. The smallest absolute Gasteiger partial charge is 0.304 e. The highest BCUT2D eigenvalue weighted by atomic mass is 16.6. The Hall–Kier alpha value is -8.92. The first-order valence-corrected chi connectivity index (χ1v) is 18.2. The zero-order valence-corrected chi connectivity index (χ0v) is 30.8. The van der Waals surface area contributed by atoms with E-state index in [-0.39, 0.29) is 67.1 Å². The van der Waals surface area contributed by atoms with E-state index in [2.05, 4.69) is 9.97 Å². The molecule has 0 radical (unpaired) electrons. The van der Waals surface area contributed by atoms with Crippen molar-refractivity contribution in [1.82, 2.24) is 19.9 Å². The Morgan fingerprint density at radius 2 is 0.700 bits per heavy atom. The van der Waals surface area contributed by atoms with Gasteiger partial charge >= 0.3 is 22.8 Å². The van der Waals surface area contributed by atoms with Gasteiger partial charge in [0.2, 0.25) is 0 Å². The quantitative estimate of drug-likeness (QED) is 0.109. The molecule has 16 heteroatoms. The lowest BCUT2D eigenvalue weighted by molar-refractivity contribution is -0.382. The number of H-pyrrole nitrogens is 2. The van der Waals surface area contributed by atoms with Gasteiger partial charge in [-0.05, 0) is 46.5 Å². The van der Waals surface area contributed by atoms with Crippen LogP contribution in [0.2, 0.25) is 0 Å². The van der Waals surface area contributed by atoms with E-state index in [1.54, 1.807) is 121 Å². The van der Waals surface area contributed by atoms with E-state index in [1.165, 1.54) is 24.3 Å². The Morgan fingerprint density at radius 3 is 1.10 bits per heavy atom. The lowest BCUT2D eigenvalue weighted by Crippen LogP contribution is -2.00. The summed E-state index contributed by atoms with van der Waals surface area (Å²) < 4.78 is 0. The summed E-state index contributed by atoms with van der Waals surface area (Å²) in [7, 11) is 0. The van der Waals surface area contributed by atoms with E-state index >= 15 is 0 Å².